The van der Waals surface area contributed by atoms with Gasteiger partial charge < -0.3 is 5.32 Å². The van der Waals surface area contributed by atoms with E-state index in [0.717, 1.165) is 6.54 Å². The number of hydrogen-bond donors (Lipinski definition) is 2. The second-order valence-corrected chi connectivity index (χ2v) is 7.47. The summed E-state index contributed by atoms with van der Waals surface area (Å²) in [4.78, 5) is 0.208. The molecule has 0 saturated carbocycles. The first-order valence-electron chi connectivity index (χ1n) is 6.36. The van der Waals surface area contributed by atoms with Gasteiger partial charge in [-0.15, -0.1) is 0 Å². The summed E-state index contributed by atoms with van der Waals surface area (Å²) in [5, 5.41) is 7.04. The van der Waals surface area contributed by atoms with Crippen LogP contribution in [0.4, 0.5) is 0 Å². The molecule has 0 aliphatic rings. The van der Waals surface area contributed by atoms with Gasteiger partial charge in [0.25, 0.3) is 0 Å². The zero-order chi connectivity index (χ0) is 14.7. The minimum atomic E-state index is -3.50. The molecule has 0 bridgehead atoms. The number of aromatic nitrogens is 2. The highest BCUT2D eigenvalue weighted by Gasteiger charge is 2.26. The van der Waals surface area contributed by atoms with Crippen molar-refractivity contribution in [2.45, 2.75) is 45.2 Å². The van der Waals surface area contributed by atoms with Crippen molar-refractivity contribution in [3.8, 4) is 0 Å². The van der Waals surface area contributed by atoms with E-state index >= 15 is 0 Å². The Morgan fingerprint density at radius 1 is 1.42 bits per heavy atom. The molecule has 6 nitrogen and oxygen atoms in total. The lowest BCUT2D eigenvalue weighted by Crippen LogP contribution is -2.41. The SMILES string of the molecule is CNCCn1cc(S(=O)(=O)NC(C)C(C)(C)C)cn1. The lowest BCUT2D eigenvalue weighted by molar-refractivity contribution is 0.317. The molecular formula is C12H24N4O2S. The van der Waals surface area contributed by atoms with Crippen molar-refractivity contribution < 1.29 is 8.42 Å². The van der Waals surface area contributed by atoms with Gasteiger partial charge in [-0.25, -0.2) is 13.1 Å². The molecule has 0 aliphatic carbocycles. The molecule has 1 aromatic heterocycles. The highest BCUT2D eigenvalue weighted by molar-refractivity contribution is 7.89. The van der Waals surface area contributed by atoms with Gasteiger partial charge in [0.2, 0.25) is 10.0 Å². The van der Waals surface area contributed by atoms with E-state index in [9.17, 15) is 8.42 Å². The molecule has 0 radical (unpaired) electrons. The highest BCUT2D eigenvalue weighted by Crippen LogP contribution is 2.20. The normalized spacial score (nSPS) is 14.6. The molecule has 7 heteroatoms. The molecule has 1 atom stereocenters. The maximum atomic E-state index is 12.2. The summed E-state index contributed by atoms with van der Waals surface area (Å²) in [6, 6.07) is -0.154. The van der Waals surface area contributed by atoms with Crippen molar-refractivity contribution >= 4 is 10.0 Å². The van der Waals surface area contributed by atoms with Crippen molar-refractivity contribution in [3.05, 3.63) is 12.4 Å². The van der Waals surface area contributed by atoms with Crippen LogP contribution in [0.15, 0.2) is 17.3 Å². The smallest absolute Gasteiger partial charge is 0.243 e. The predicted molar refractivity (Wildman–Crippen MR) is 75.4 cm³/mol. The van der Waals surface area contributed by atoms with Gasteiger partial charge in [0.05, 0.1) is 12.7 Å². The van der Waals surface area contributed by atoms with Crippen molar-refractivity contribution in [1.82, 2.24) is 19.8 Å². The van der Waals surface area contributed by atoms with E-state index in [4.69, 9.17) is 0 Å². The molecule has 1 heterocycles. The van der Waals surface area contributed by atoms with Crippen molar-refractivity contribution in [1.29, 1.82) is 0 Å². The summed E-state index contributed by atoms with van der Waals surface area (Å²) in [5.41, 5.74) is -0.130. The van der Waals surface area contributed by atoms with Crippen LogP contribution in [0.1, 0.15) is 27.7 Å². The Bertz CT molecular complexity index is 502. The predicted octanol–water partition coefficient (Wildman–Crippen LogP) is 0.815. The summed E-state index contributed by atoms with van der Waals surface area (Å²) in [5.74, 6) is 0. The van der Waals surface area contributed by atoms with Crippen LogP contribution in [0.25, 0.3) is 0 Å². The van der Waals surface area contributed by atoms with Gasteiger partial charge in [0.1, 0.15) is 4.90 Å². The molecule has 0 amide bonds. The Kier molecular flexibility index (Phi) is 5.11. The van der Waals surface area contributed by atoms with E-state index in [2.05, 4.69) is 15.1 Å². The van der Waals surface area contributed by atoms with Crippen LogP contribution in [0, 0.1) is 5.41 Å². The van der Waals surface area contributed by atoms with Gasteiger partial charge in [-0.3, -0.25) is 4.68 Å². The number of rotatable bonds is 6. The van der Waals surface area contributed by atoms with E-state index < -0.39 is 10.0 Å². The third-order valence-electron chi connectivity index (χ3n) is 3.14. The number of hydrogen-bond acceptors (Lipinski definition) is 4. The molecule has 0 aliphatic heterocycles. The first kappa shape index (κ1) is 16.1. The summed E-state index contributed by atoms with van der Waals surface area (Å²) >= 11 is 0. The lowest BCUT2D eigenvalue weighted by Gasteiger charge is -2.27. The highest BCUT2D eigenvalue weighted by atomic mass is 32.2. The number of nitrogens with zero attached hydrogens (tertiary/aromatic N) is 2. The zero-order valence-corrected chi connectivity index (χ0v) is 13.1. The lowest BCUT2D eigenvalue weighted by atomic mass is 9.89. The molecule has 110 valence electrons. The van der Waals surface area contributed by atoms with Crippen LogP contribution in [0.2, 0.25) is 0 Å². The standard InChI is InChI=1S/C12H24N4O2S/c1-10(12(2,3)4)15-19(17,18)11-8-14-16(9-11)7-6-13-5/h8-10,13,15H,6-7H2,1-5H3. The van der Waals surface area contributed by atoms with Crippen LogP contribution < -0.4 is 10.0 Å². The zero-order valence-electron chi connectivity index (χ0n) is 12.3. The van der Waals surface area contributed by atoms with Gasteiger partial charge in [-0.2, -0.15) is 5.10 Å². The summed E-state index contributed by atoms with van der Waals surface area (Å²) < 4.78 is 28.7. The van der Waals surface area contributed by atoms with Crippen LogP contribution >= 0.6 is 0 Å². The second kappa shape index (κ2) is 6.02. The fourth-order valence-electron chi connectivity index (χ4n) is 1.31. The van der Waals surface area contributed by atoms with E-state index in [-0.39, 0.29) is 16.4 Å². The molecule has 0 saturated heterocycles. The fraction of sp³-hybridized carbons (Fsp3) is 0.750. The van der Waals surface area contributed by atoms with Crippen LogP contribution in [-0.2, 0) is 16.6 Å². The molecule has 19 heavy (non-hydrogen) atoms. The minimum Gasteiger partial charge on any atom is -0.318 e. The second-order valence-electron chi connectivity index (χ2n) is 5.75. The van der Waals surface area contributed by atoms with Crippen molar-refractivity contribution in [3.63, 3.8) is 0 Å². The van der Waals surface area contributed by atoms with Crippen LogP contribution in [0.3, 0.4) is 0 Å². The minimum absolute atomic E-state index is 0.130. The maximum Gasteiger partial charge on any atom is 0.243 e. The molecule has 0 fully saturated rings. The molecule has 1 aromatic rings. The average molecular weight is 288 g/mol. The Balaban J connectivity index is 2.80. The Morgan fingerprint density at radius 3 is 2.58 bits per heavy atom. The molecule has 1 rings (SSSR count). The van der Waals surface area contributed by atoms with Crippen molar-refractivity contribution in [2.24, 2.45) is 5.41 Å². The number of nitrogens with one attached hydrogen (secondary N) is 2. The Labute approximate surface area is 115 Å². The average Bonchev–Trinajstić information content (AvgIpc) is 2.73. The van der Waals surface area contributed by atoms with Gasteiger partial charge >= 0.3 is 0 Å². The topological polar surface area (TPSA) is 76.0 Å². The largest absolute Gasteiger partial charge is 0.318 e. The van der Waals surface area contributed by atoms with E-state index in [1.54, 1.807) is 10.9 Å². The third kappa shape index (κ3) is 4.59. The quantitative estimate of drug-likeness (QED) is 0.812. The summed E-state index contributed by atoms with van der Waals surface area (Å²) in [6.07, 6.45) is 2.93. The van der Waals surface area contributed by atoms with E-state index in [1.807, 2.05) is 34.7 Å². The first-order chi connectivity index (χ1) is 8.66. The molecule has 1 unspecified atom stereocenters. The van der Waals surface area contributed by atoms with Gasteiger partial charge in [-0.1, -0.05) is 20.8 Å². The molecule has 0 spiro atoms. The van der Waals surface area contributed by atoms with Crippen LogP contribution in [-0.4, -0.2) is 37.8 Å². The van der Waals surface area contributed by atoms with Crippen LogP contribution in [0.5, 0.6) is 0 Å². The molecule has 0 aromatic carbocycles. The maximum absolute atomic E-state index is 12.2. The monoisotopic (exact) mass is 288 g/mol. The van der Waals surface area contributed by atoms with Gasteiger partial charge in [-0.05, 0) is 19.4 Å². The fourth-order valence-corrected chi connectivity index (χ4v) is 2.71. The Morgan fingerprint density at radius 2 is 2.05 bits per heavy atom. The molecule has 2 N–H and O–H groups in total. The Hall–Kier alpha value is -0.920. The van der Waals surface area contributed by atoms with E-state index in [0.29, 0.717) is 6.54 Å². The van der Waals surface area contributed by atoms with E-state index in [1.165, 1.54) is 6.20 Å². The summed E-state index contributed by atoms with van der Waals surface area (Å²) in [7, 11) is -1.66. The number of likely N-dealkylation sites (N-methyl/N-ethyl adjacent to an activating group) is 1. The van der Waals surface area contributed by atoms with Gasteiger partial charge in [0, 0.05) is 18.8 Å². The molecular weight excluding hydrogens is 264 g/mol. The third-order valence-corrected chi connectivity index (χ3v) is 4.64. The first-order valence-corrected chi connectivity index (χ1v) is 7.84. The number of sulfonamides is 1. The van der Waals surface area contributed by atoms with Crippen molar-refractivity contribution in [2.75, 3.05) is 13.6 Å². The van der Waals surface area contributed by atoms with Gasteiger partial charge in [0.15, 0.2) is 0 Å². The summed E-state index contributed by atoms with van der Waals surface area (Å²) in [6.45, 7) is 9.24.